The highest BCUT2D eigenvalue weighted by atomic mass is 35.5. The fourth-order valence-corrected chi connectivity index (χ4v) is 3.40. The molecule has 0 saturated carbocycles. The topological polar surface area (TPSA) is 24.9 Å². The van der Waals surface area contributed by atoms with Gasteiger partial charge in [-0.15, -0.1) is 11.3 Å². The van der Waals surface area contributed by atoms with Crippen molar-refractivity contribution in [2.24, 2.45) is 5.92 Å². The van der Waals surface area contributed by atoms with Crippen molar-refractivity contribution in [1.29, 1.82) is 0 Å². The van der Waals surface area contributed by atoms with E-state index in [1.165, 1.54) is 16.1 Å². The molecule has 1 N–H and O–H groups in total. The summed E-state index contributed by atoms with van der Waals surface area (Å²) in [6.45, 7) is 2.29. The Bertz CT molecular complexity index is 503. The minimum atomic E-state index is 0.760. The second-order valence-corrected chi connectivity index (χ2v) is 5.83. The van der Waals surface area contributed by atoms with Gasteiger partial charge in [0.15, 0.2) is 0 Å². The Balaban J connectivity index is 1.86. The molecule has 1 saturated heterocycles. The van der Waals surface area contributed by atoms with Crippen molar-refractivity contribution in [1.82, 2.24) is 10.3 Å². The molecule has 1 aromatic heterocycles. The lowest BCUT2D eigenvalue weighted by atomic mass is 10.1. The van der Waals surface area contributed by atoms with Gasteiger partial charge in [-0.05, 0) is 43.6 Å². The van der Waals surface area contributed by atoms with E-state index in [1.54, 1.807) is 11.3 Å². The second-order valence-electron chi connectivity index (χ2n) is 4.28. The summed E-state index contributed by atoms with van der Waals surface area (Å²) in [6, 6.07) is 5.94. The molecule has 2 heterocycles. The number of halogens is 1. The molecule has 1 aromatic carbocycles. The number of nitrogens with zero attached hydrogens (tertiary/aromatic N) is 1. The summed E-state index contributed by atoms with van der Waals surface area (Å²) >= 11 is 7.75. The molecule has 1 fully saturated rings. The highest BCUT2D eigenvalue weighted by Gasteiger charge is 2.16. The molecule has 1 atom stereocenters. The number of hydrogen-bond acceptors (Lipinski definition) is 3. The van der Waals surface area contributed by atoms with E-state index in [0.29, 0.717) is 0 Å². The van der Waals surface area contributed by atoms with Crippen LogP contribution >= 0.6 is 22.9 Å². The van der Waals surface area contributed by atoms with Crippen LogP contribution in [-0.2, 0) is 6.42 Å². The largest absolute Gasteiger partial charge is 0.316 e. The lowest BCUT2D eigenvalue weighted by molar-refractivity contribution is 0.579. The molecule has 0 bridgehead atoms. The van der Waals surface area contributed by atoms with E-state index in [0.717, 1.165) is 36.0 Å². The first-order valence-corrected chi connectivity index (χ1v) is 6.76. The van der Waals surface area contributed by atoms with Crippen LogP contribution in [0.4, 0.5) is 0 Å². The van der Waals surface area contributed by atoms with Gasteiger partial charge in [0.25, 0.3) is 0 Å². The maximum absolute atomic E-state index is 5.95. The van der Waals surface area contributed by atoms with Crippen LogP contribution in [-0.4, -0.2) is 18.1 Å². The van der Waals surface area contributed by atoms with Crippen LogP contribution in [0.15, 0.2) is 18.2 Å². The summed E-state index contributed by atoms with van der Waals surface area (Å²) in [4.78, 5) is 4.64. The minimum absolute atomic E-state index is 0.760. The van der Waals surface area contributed by atoms with Gasteiger partial charge in [0, 0.05) is 11.4 Å². The standard InChI is InChI=1S/C12H13ClN2S/c13-9-1-2-11-10(6-9)15-12(16-11)5-8-3-4-14-7-8/h1-2,6,8,14H,3-5,7H2. The molecule has 4 heteroatoms. The Hall–Kier alpha value is -0.640. The molecule has 1 aliphatic heterocycles. The summed E-state index contributed by atoms with van der Waals surface area (Å²) in [5.41, 5.74) is 1.04. The molecule has 1 aliphatic rings. The maximum Gasteiger partial charge on any atom is 0.0941 e. The fourth-order valence-electron chi connectivity index (χ4n) is 2.17. The normalized spacial score (nSPS) is 20.7. The zero-order valence-electron chi connectivity index (χ0n) is 8.87. The number of aromatic nitrogens is 1. The van der Waals surface area contributed by atoms with E-state index in [9.17, 15) is 0 Å². The molecule has 2 nitrogen and oxygen atoms in total. The fraction of sp³-hybridized carbons (Fsp3) is 0.417. The van der Waals surface area contributed by atoms with Crippen LogP contribution in [0, 0.1) is 5.92 Å². The molecule has 3 rings (SSSR count). The van der Waals surface area contributed by atoms with E-state index < -0.39 is 0 Å². The van der Waals surface area contributed by atoms with Gasteiger partial charge in [0.05, 0.1) is 15.2 Å². The zero-order valence-corrected chi connectivity index (χ0v) is 10.4. The number of hydrogen-bond donors (Lipinski definition) is 1. The number of nitrogens with one attached hydrogen (secondary N) is 1. The smallest absolute Gasteiger partial charge is 0.0941 e. The first-order valence-electron chi connectivity index (χ1n) is 5.57. The van der Waals surface area contributed by atoms with Gasteiger partial charge in [0.2, 0.25) is 0 Å². The minimum Gasteiger partial charge on any atom is -0.316 e. The van der Waals surface area contributed by atoms with E-state index in [1.807, 2.05) is 12.1 Å². The Morgan fingerprint density at radius 3 is 3.25 bits per heavy atom. The van der Waals surface area contributed by atoms with Crippen molar-refractivity contribution < 1.29 is 0 Å². The van der Waals surface area contributed by atoms with E-state index >= 15 is 0 Å². The third kappa shape index (κ3) is 2.08. The van der Waals surface area contributed by atoms with Crippen molar-refractivity contribution in [2.75, 3.05) is 13.1 Å². The van der Waals surface area contributed by atoms with E-state index in [-0.39, 0.29) is 0 Å². The lowest BCUT2D eigenvalue weighted by Crippen LogP contribution is -2.10. The molecule has 16 heavy (non-hydrogen) atoms. The van der Waals surface area contributed by atoms with Gasteiger partial charge in [0.1, 0.15) is 0 Å². The number of fused-ring (bicyclic) bond motifs is 1. The third-order valence-corrected chi connectivity index (χ3v) is 4.31. The Kier molecular flexibility index (Phi) is 2.84. The Labute approximate surface area is 104 Å². The predicted molar refractivity (Wildman–Crippen MR) is 69.3 cm³/mol. The van der Waals surface area contributed by atoms with Crippen LogP contribution in [0.2, 0.25) is 5.02 Å². The lowest BCUT2D eigenvalue weighted by Gasteiger charge is -2.03. The van der Waals surface area contributed by atoms with Crippen molar-refractivity contribution in [2.45, 2.75) is 12.8 Å². The van der Waals surface area contributed by atoms with Gasteiger partial charge in [-0.25, -0.2) is 4.98 Å². The summed E-state index contributed by atoms with van der Waals surface area (Å²) < 4.78 is 1.24. The van der Waals surface area contributed by atoms with Gasteiger partial charge < -0.3 is 5.32 Å². The first-order chi connectivity index (χ1) is 7.81. The summed E-state index contributed by atoms with van der Waals surface area (Å²) in [7, 11) is 0. The zero-order chi connectivity index (χ0) is 11.0. The average Bonchev–Trinajstić information content (AvgIpc) is 2.86. The molecular weight excluding hydrogens is 240 g/mol. The molecular formula is C12H13ClN2S. The molecule has 0 aliphatic carbocycles. The first kappa shape index (κ1) is 10.5. The van der Waals surface area contributed by atoms with Crippen molar-refractivity contribution in [3.8, 4) is 0 Å². The van der Waals surface area contributed by atoms with E-state index in [4.69, 9.17) is 11.6 Å². The van der Waals surface area contributed by atoms with Crippen LogP contribution in [0.5, 0.6) is 0 Å². The average molecular weight is 253 g/mol. The number of rotatable bonds is 2. The van der Waals surface area contributed by atoms with Crippen LogP contribution < -0.4 is 5.32 Å². The van der Waals surface area contributed by atoms with Crippen LogP contribution in [0.1, 0.15) is 11.4 Å². The summed E-state index contributed by atoms with van der Waals surface area (Å²) in [5.74, 6) is 0.760. The Morgan fingerprint density at radius 2 is 2.44 bits per heavy atom. The quantitative estimate of drug-likeness (QED) is 0.889. The van der Waals surface area contributed by atoms with Gasteiger partial charge in [-0.3, -0.25) is 0 Å². The maximum atomic E-state index is 5.95. The van der Waals surface area contributed by atoms with Crippen molar-refractivity contribution in [3.05, 3.63) is 28.2 Å². The summed E-state index contributed by atoms with van der Waals surface area (Å²) in [6.07, 6.45) is 2.38. The van der Waals surface area contributed by atoms with Crippen LogP contribution in [0.3, 0.4) is 0 Å². The predicted octanol–water partition coefficient (Wildman–Crippen LogP) is 3.10. The third-order valence-electron chi connectivity index (χ3n) is 3.02. The van der Waals surface area contributed by atoms with Crippen molar-refractivity contribution in [3.63, 3.8) is 0 Å². The van der Waals surface area contributed by atoms with Crippen LogP contribution in [0.25, 0.3) is 10.2 Å². The SMILES string of the molecule is Clc1ccc2sc(CC3CCNC3)nc2c1. The molecule has 0 amide bonds. The Morgan fingerprint density at radius 1 is 1.50 bits per heavy atom. The second kappa shape index (κ2) is 4.32. The summed E-state index contributed by atoms with van der Waals surface area (Å²) in [5, 5.41) is 5.40. The van der Waals surface area contributed by atoms with E-state index in [2.05, 4.69) is 16.4 Å². The van der Waals surface area contributed by atoms with Crippen molar-refractivity contribution >= 4 is 33.2 Å². The van der Waals surface area contributed by atoms with Gasteiger partial charge in [-0.1, -0.05) is 11.6 Å². The number of benzene rings is 1. The molecule has 0 radical (unpaired) electrons. The van der Waals surface area contributed by atoms with Gasteiger partial charge in [-0.2, -0.15) is 0 Å². The monoisotopic (exact) mass is 252 g/mol. The molecule has 2 aromatic rings. The molecule has 1 unspecified atom stereocenters. The highest BCUT2D eigenvalue weighted by molar-refractivity contribution is 7.18. The highest BCUT2D eigenvalue weighted by Crippen LogP contribution is 2.27. The number of thiazole rings is 1. The molecule has 0 spiro atoms. The van der Waals surface area contributed by atoms with Gasteiger partial charge >= 0.3 is 0 Å². The molecule has 84 valence electrons.